The number of carbonyl (C=O) groups is 1. The summed E-state index contributed by atoms with van der Waals surface area (Å²) in [5, 5.41) is 18.8. The van der Waals surface area contributed by atoms with Gasteiger partial charge in [-0.1, -0.05) is 29.8 Å². The van der Waals surface area contributed by atoms with Gasteiger partial charge in [-0.05, 0) is 68.4 Å². The van der Waals surface area contributed by atoms with E-state index >= 15 is 0 Å². The zero-order valence-corrected chi connectivity index (χ0v) is 18.3. The molecule has 5 rings (SSSR count). The Kier molecular flexibility index (Phi) is 4.52. The van der Waals surface area contributed by atoms with E-state index in [1.54, 1.807) is 6.92 Å². The van der Waals surface area contributed by atoms with Crippen LogP contribution < -0.4 is 0 Å². The van der Waals surface area contributed by atoms with E-state index < -0.39 is 5.60 Å². The van der Waals surface area contributed by atoms with Crippen molar-refractivity contribution in [2.45, 2.75) is 58.7 Å². The SMILES string of the molecule is Cc1cc2c(c(-c3ccc(-c4nnc(C)o4)cc3)c1)C(=O)N(C(C1CC1)C(C)(C)O)C2. The van der Waals surface area contributed by atoms with Crippen LogP contribution >= 0.6 is 0 Å². The molecule has 0 bridgehead atoms. The van der Waals surface area contributed by atoms with Crippen molar-refractivity contribution < 1.29 is 14.3 Å². The molecule has 0 saturated heterocycles. The fourth-order valence-electron chi connectivity index (χ4n) is 4.92. The number of aryl methyl sites for hydroxylation is 2. The molecule has 1 fully saturated rings. The molecular weight excluding hydrogens is 390 g/mol. The third kappa shape index (κ3) is 3.55. The largest absolute Gasteiger partial charge is 0.421 e. The highest BCUT2D eigenvalue weighted by Crippen LogP contribution is 2.44. The quantitative estimate of drug-likeness (QED) is 0.660. The van der Waals surface area contributed by atoms with Gasteiger partial charge < -0.3 is 14.4 Å². The Balaban J connectivity index is 1.53. The molecular formula is C25H27N3O3. The molecule has 2 aromatic carbocycles. The van der Waals surface area contributed by atoms with Crippen molar-refractivity contribution in [1.82, 2.24) is 15.1 Å². The Morgan fingerprint density at radius 2 is 1.77 bits per heavy atom. The first-order valence-corrected chi connectivity index (χ1v) is 10.8. The third-order valence-corrected chi connectivity index (χ3v) is 6.28. The highest BCUT2D eigenvalue weighted by Gasteiger charge is 2.48. The molecule has 1 aliphatic carbocycles. The predicted molar refractivity (Wildman–Crippen MR) is 117 cm³/mol. The van der Waals surface area contributed by atoms with Crippen LogP contribution in [-0.4, -0.2) is 37.8 Å². The highest BCUT2D eigenvalue weighted by molar-refractivity contribution is 6.05. The number of carbonyl (C=O) groups excluding carboxylic acids is 1. The molecule has 0 spiro atoms. The predicted octanol–water partition coefficient (Wildman–Crippen LogP) is 4.53. The molecule has 1 N–H and O–H groups in total. The molecule has 160 valence electrons. The van der Waals surface area contributed by atoms with Gasteiger partial charge in [-0.15, -0.1) is 10.2 Å². The van der Waals surface area contributed by atoms with Crippen LogP contribution in [0.25, 0.3) is 22.6 Å². The lowest BCUT2D eigenvalue weighted by Crippen LogP contribution is -2.51. The number of nitrogens with zero attached hydrogens (tertiary/aromatic N) is 3. The van der Waals surface area contributed by atoms with Gasteiger partial charge in [0.05, 0.1) is 17.2 Å². The summed E-state index contributed by atoms with van der Waals surface area (Å²) in [6.45, 7) is 8.00. The molecule has 2 aliphatic rings. The Morgan fingerprint density at radius 3 is 2.35 bits per heavy atom. The number of fused-ring (bicyclic) bond motifs is 1. The van der Waals surface area contributed by atoms with Crippen molar-refractivity contribution in [3.05, 3.63) is 59.0 Å². The minimum Gasteiger partial charge on any atom is -0.421 e. The number of amides is 1. The first-order valence-electron chi connectivity index (χ1n) is 10.8. The fourth-order valence-corrected chi connectivity index (χ4v) is 4.92. The summed E-state index contributed by atoms with van der Waals surface area (Å²) >= 11 is 0. The molecule has 1 unspecified atom stereocenters. The maximum Gasteiger partial charge on any atom is 0.255 e. The first-order chi connectivity index (χ1) is 14.7. The lowest BCUT2D eigenvalue weighted by atomic mass is 9.92. The monoisotopic (exact) mass is 417 g/mol. The standard InChI is InChI=1S/C25H27N3O3/c1-14-11-19-13-28(22(17-7-8-17)25(3,4)30)24(29)21(19)20(12-14)16-5-9-18(10-6-16)23-27-26-15(2)31-23/h5-6,9-12,17,22,30H,7-8,13H2,1-4H3. The molecule has 6 nitrogen and oxygen atoms in total. The summed E-state index contributed by atoms with van der Waals surface area (Å²) < 4.78 is 5.52. The van der Waals surface area contributed by atoms with Crippen LogP contribution in [0.5, 0.6) is 0 Å². The second-order valence-electron chi connectivity index (χ2n) is 9.42. The fraction of sp³-hybridized carbons (Fsp3) is 0.400. The van der Waals surface area contributed by atoms with Crippen LogP contribution in [0.2, 0.25) is 0 Å². The van der Waals surface area contributed by atoms with E-state index in [1.165, 1.54) is 0 Å². The molecule has 0 radical (unpaired) electrons. The Bertz CT molecular complexity index is 1150. The number of rotatable bonds is 5. The van der Waals surface area contributed by atoms with E-state index in [0.29, 0.717) is 24.2 Å². The number of hydrogen-bond acceptors (Lipinski definition) is 5. The van der Waals surface area contributed by atoms with Crippen molar-refractivity contribution in [3.63, 3.8) is 0 Å². The smallest absolute Gasteiger partial charge is 0.255 e. The highest BCUT2D eigenvalue weighted by atomic mass is 16.4. The van der Waals surface area contributed by atoms with Crippen molar-refractivity contribution in [1.29, 1.82) is 0 Å². The van der Waals surface area contributed by atoms with Crippen LogP contribution in [0.15, 0.2) is 40.8 Å². The first kappa shape index (κ1) is 19.9. The molecule has 6 heteroatoms. The second kappa shape index (κ2) is 7.02. The third-order valence-electron chi connectivity index (χ3n) is 6.28. The summed E-state index contributed by atoms with van der Waals surface area (Å²) in [6, 6.07) is 11.9. The Labute approximate surface area is 181 Å². The second-order valence-corrected chi connectivity index (χ2v) is 9.42. The van der Waals surface area contributed by atoms with Crippen molar-refractivity contribution in [3.8, 4) is 22.6 Å². The Hall–Kier alpha value is -2.99. The summed E-state index contributed by atoms with van der Waals surface area (Å²) in [7, 11) is 0. The summed E-state index contributed by atoms with van der Waals surface area (Å²) in [4.78, 5) is 15.5. The van der Waals surface area contributed by atoms with Crippen LogP contribution in [0.3, 0.4) is 0 Å². The van der Waals surface area contributed by atoms with Gasteiger partial charge in [-0.3, -0.25) is 4.79 Å². The van der Waals surface area contributed by atoms with Gasteiger partial charge in [-0.25, -0.2) is 0 Å². The molecule has 1 atom stereocenters. The van der Waals surface area contributed by atoms with E-state index in [0.717, 1.165) is 46.2 Å². The van der Waals surface area contributed by atoms with Gasteiger partial charge >= 0.3 is 0 Å². The van der Waals surface area contributed by atoms with Gasteiger partial charge in [0.1, 0.15) is 0 Å². The average Bonchev–Trinajstić information content (AvgIpc) is 3.35. The van der Waals surface area contributed by atoms with Gasteiger partial charge in [0.15, 0.2) is 0 Å². The van der Waals surface area contributed by atoms with E-state index in [2.05, 4.69) is 29.3 Å². The Morgan fingerprint density at radius 1 is 1.10 bits per heavy atom. The van der Waals surface area contributed by atoms with Gasteiger partial charge in [-0.2, -0.15) is 0 Å². The van der Waals surface area contributed by atoms with Gasteiger partial charge in [0, 0.05) is 19.0 Å². The van der Waals surface area contributed by atoms with Crippen molar-refractivity contribution in [2.75, 3.05) is 0 Å². The molecule has 1 saturated carbocycles. The van der Waals surface area contributed by atoms with E-state index in [-0.39, 0.29) is 11.9 Å². The number of aliphatic hydroxyl groups is 1. The summed E-state index contributed by atoms with van der Waals surface area (Å²) in [5.74, 6) is 1.40. The molecule has 1 aromatic heterocycles. The van der Waals surface area contributed by atoms with Gasteiger partial charge in [0.2, 0.25) is 11.8 Å². The number of hydrogen-bond donors (Lipinski definition) is 1. The maximum absolute atomic E-state index is 13.6. The molecule has 1 amide bonds. The lowest BCUT2D eigenvalue weighted by Gasteiger charge is -2.37. The van der Waals surface area contributed by atoms with Crippen molar-refractivity contribution >= 4 is 5.91 Å². The zero-order valence-electron chi connectivity index (χ0n) is 18.3. The minimum atomic E-state index is -0.933. The average molecular weight is 418 g/mol. The van der Waals surface area contributed by atoms with E-state index in [1.807, 2.05) is 43.0 Å². The van der Waals surface area contributed by atoms with Crippen molar-refractivity contribution in [2.24, 2.45) is 5.92 Å². The number of benzene rings is 2. The van der Waals surface area contributed by atoms with Crippen LogP contribution in [0.1, 0.15) is 54.1 Å². The van der Waals surface area contributed by atoms with Gasteiger partial charge in [0.25, 0.3) is 5.91 Å². The number of aromatic nitrogens is 2. The van der Waals surface area contributed by atoms with Crippen LogP contribution in [0, 0.1) is 19.8 Å². The van der Waals surface area contributed by atoms with E-state index in [4.69, 9.17) is 4.42 Å². The molecule has 1 aliphatic heterocycles. The summed E-state index contributed by atoms with van der Waals surface area (Å²) in [5.41, 5.74) is 4.72. The van der Waals surface area contributed by atoms with Crippen LogP contribution in [0.4, 0.5) is 0 Å². The maximum atomic E-state index is 13.6. The normalized spacial score (nSPS) is 17.2. The molecule has 2 heterocycles. The topological polar surface area (TPSA) is 79.5 Å². The van der Waals surface area contributed by atoms with Crippen LogP contribution in [-0.2, 0) is 6.54 Å². The molecule has 31 heavy (non-hydrogen) atoms. The van der Waals surface area contributed by atoms with E-state index in [9.17, 15) is 9.90 Å². The zero-order chi connectivity index (χ0) is 21.9. The lowest BCUT2D eigenvalue weighted by molar-refractivity contribution is -0.0224. The summed E-state index contributed by atoms with van der Waals surface area (Å²) in [6.07, 6.45) is 2.13. The minimum absolute atomic E-state index is 0.0145. The molecule has 3 aromatic rings.